The normalized spacial score (nSPS) is 10.9. The van der Waals surface area contributed by atoms with Crippen molar-refractivity contribution in [3.8, 4) is 0 Å². The van der Waals surface area contributed by atoms with Gasteiger partial charge >= 0.3 is 20.7 Å². The number of hydrogen-bond donors (Lipinski definition) is 1. The molecule has 0 saturated heterocycles. The van der Waals surface area contributed by atoms with Gasteiger partial charge in [0, 0.05) is 45.9 Å². The van der Waals surface area contributed by atoms with Crippen molar-refractivity contribution in [1.29, 1.82) is 0 Å². The molecule has 0 spiro atoms. The zero-order valence-electron chi connectivity index (χ0n) is 15.9. The molecule has 0 fully saturated rings. The Morgan fingerprint density at radius 3 is 2.08 bits per heavy atom. The third-order valence-electron chi connectivity index (χ3n) is 3.40. The average Bonchev–Trinajstić information content (AvgIpc) is 2.64. The van der Waals surface area contributed by atoms with Gasteiger partial charge in [0.25, 0.3) is 0 Å². The fourth-order valence-corrected chi connectivity index (χ4v) is 3.60. The summed E-state index contributed by atoms with van der Waals surface area (Å²) in [6, 6.07) is 0.571. The van der Waals surface area contributed by atoms with Gasteiger partial charge in [-0.25, -0.2) is 4.79 Å². The van der Waals surface area contributed by atoms with Crippen LogP contribution in [0.5, 0.6) is 0 Å². The highest BCUT2D eigenvalue weighted by Crippen LogP contribution is 2.14. The molecule has 0 aliphatic carbocycles. The molecule has 0 unspecified atom stereocenters. The number of carbonyl (C=O) groups is 3. The van der Waals surface area contributed by atoms with Crippen LogP contribution in [0.1, 0.15) is 26.2 Å². The lowest BCUT2D eigenvalue weighted by Gasteiger charge is -2.24. The van der Waals surface area contributed by atoms with Gasteiger partial charge in [-0.15, -0.1) is 0 Å². The number of amides is 1. The monoisotopic (exact) mass is 391 g/mol. The van der Waals surface area contributed by atoms with Crippen LogP contribution >= 0.6 is 0 Å². The molecular formula is C16H29NO8Si. The third kappa shape index (κ3) is 10.3. The molecule has 0 aromatic heterocycles. The van der Waals surface area contributed by atoms with Crippen LogP contribution in [0.3, 0.4) is 0 Å². The van der Waals surface area contributed by atoms with E-state index in [0.717, 1.165) is 0 Å². The summed E-state index contributed by atoms with van der Waals surface area (Å²) in [4.78, 5) is 34.3. The number of esters is 2. The van der Waals surface area contributed by atoms with Crippen LogP contribution in [-0.4, -0.2) is 67.7 Å². The molecule has 0 aliphatic rings. The second-order valence-corrected chi connectivity index (χ2v) is 8.48. The summed E-state index contributed by atoms with van der Waals surface area (Å²) < 4.78 is 25.5. The predicted molar refractivity (Wildman–Crippen MR) is 95.2 cm³/mol. The lowest BCUT2D eigenvalue weighted by molar-refractivity contribution is -0.150. The van der Waals surface area contributed by atoms with E-state index in [9.17, 15) is 14.4 Å². The van der Waals surface area contributed by atoms with E-state index >= 15 is 0 Å². The highest BCUT2D eigenvalue weighted by atomic mass is 28.4. The van der Waals surface area contributed by atoms with E-state index in [4.69, 9.17) is 22.8 Å². The van der Waals surface area contributed by atoms with E-state index in [1.165, 1.54) is 28.3 Å². The molecule has 0 aliphatic heterocycles. The summed E-state index contributed by atoms with van der Waals surface area (Å²) >= 11 is 0. The third-order valence-corrected chi connectivity index (χ3v) is 6.23. The van der Waals surface area contributed by atoms with Gasteiger partial charge in [0.1, 0.15) is 13.2 Å². The maximum Gasteiger partial charge on any atom is 0.500 e. The van der Waals surface area contributed by atoms with Crippen LogP contribution in [0.2, 0.25) is 6.04 Å². The average molecular weight is 391 g/mol. The Balaban J connectivity index is 3.80. The van der Waals surface area contributed by atoms with Gasteiger partial charge in [-0.2, -0.15) is 0 Å². The molecule has 150 valence electrons. The Morgan fingerprint density at radius 1 is 0.962 bits per heavy atom. The van der Waals surface area contributed by atoms with Gasteiger partial charge < -0.3 is 28.1 Å². The maximum absolute atomic E-state index is 11.7. The van der Waals surface area contributed by atoms with Crippen molar-refractivity contribution in [1.82, 2.24) is 5.32 Å². The number of nitrogens with one attached hydrogen (secondary N) is 1. The molecule has 0 rings (SSSR count). The Labute approximate surface area is 155 Å². The van der Waals surface area contributed by atoms with Crippen molar-refractivity contribution in [2.24, 2.45) is 0 Å². The molecule has 0 bridgehead atoms. The van der Waals surface area contributed by atoms with Crippen molar-refractivity contribution in [3.05, 3.63) is 12.2 Å². The smallest absolute Gasteiger partial charge is 0.462 e. The summed E-state index contributed by atoms with van der Waals surface area (Å²) in [7, 11) is 1.97. The molecule has 26 heavy (non-hydrogen) atoms. The first-order valence-electron chi connectivity index (χ1n) is 8.20. The molecule has 10 heteroatoms. The highest BCUT2D eigenvalue weighted by molar-refractivity contribution is 6.60. The van der Waals surface area contributed by atoms with E-state index in [1.54, 1.807) is 0 Å². The van der Waals surface area contributed by atoms with E-state index < -0.39 is 20.7 Å². The fraction of sp³-hybridized carbons (Fsp3) is 0.688. The van der Waals surface area contributed by atoms with Crippen molar-refractivity contribution >= 4 is 26.7 Å². The number of rotatable bonds is 14. The van der Waals surface area contributed by atoms with E-state index in [0.29, 0.717) is 19.0 Å². The van der Waals surface area contributed by atoms with Crippen LogP contribution in [0.25, 0.3) is 0 Å². The standard InChI is InChI=1S/C16H29NO8Si/c1-13(2)16(20)25-11-10-24-15(19)8-7-14(18)17-9-6-12-26(21-3,22-4)23-5/h1,6-12H2,2-5H3,(H,17,18). The summed E-state index contributed by atoms with van der Waals surface area (Å²) in [6.45, 7) is 5.27. The zero-order valence-corrected chi connectivity index (χ0v) is 16.9. The summed E-state index contributed by atoms with van der Waals surface area (Å²) in [5.41, 5.74) is 0.273. The molecule has 1 N–H and O–H groups in total. The topological polar surface area (TPSA) is 109 Å². The predicted octanol–water partition coefficient (Wildman–Crippen LogP) is 0.814. The van der Waals surface area contributed by atoms with Crippen molar-refractivity contribution in [2.45, 2.75) is 32.2 Å². The minimum Gasteiger partial charge on any atom is -0.462 e. The second kappa shape index (κ2) is 13.5. The van der Waals surface area contributed by atoms with Gasteiger partial charge in [0.15, 0.2) is 0 Å². The van der Waals surface area contributed by atoms with Crippen molar-refractivity contribution in [2.75, 3.05) is 41.1 Å². The Hall–Kier alpha value is -1.75. The van der Waals surface area contributed by atoms with Crippen LogP contribution in [0.4, 0.5) is 0 Å². The Morgan fingerprint density at radius 2 is 1.54 bits per heavy atom. The van der Waals surface area contributed by atoms with Crippen LogP contribution in [0, 0.1) is 0 Å². The van der Waals surface area contributed by atoms with Gasteiger partial charge in [0.05, 0.1) is 6.42 Å². The lowest BCUT2D eigenvalue weighted by Crippen LogP contribution is -2.43. The molecule has 9 nitrogen and oxygen atoms in total. The summed E-state index contributed by atoms with van der Waals surface area (Å²) in [6.07, 6.45) is 0.602. The van der Waals surface area contributed by atoms with E-state index in [1.807, 2.05) is 0 Å². The maximum atomic E-state index is 11.7. The summed E-state index contributed by atoms with van der Waals surface area (Å²) in [5, 5.41) is 2.71. The molecule has 0 heterocycles. The SMILES string of the molecule is C=C(C)C(=O)OCCOC(=O)CCC(=O)NCCC[Si](OC)(OC)OC. The van der Waals surface area contributed by atoms with Crippen molar-refractivity contribution in [3.63, 3.8) is 0 Å². The second-order valence-electron chi connectivity index (χ2n) is 5.39. The first kappa shape index (κ1) is 24.2. The molecule has 0 saturated carbocycles. The summed E-state index contributed by atoms with van der Waals surface area (Å²) in [5.74, 6) is -1.32. The number of hydrogen-bond acceptors (Lipinski definition) is 8. The zero-order chi connectivity index (χ0) is 20.0. The first-order valence-corrected chi connectivity index (χ1v) is 10.1. The van der Waals surface area contributed by atoms with Crippen LogP contribution < -0.4 is 5.32 Å². The van der Waals surface area contributed by atoms with E-state index in [-0.39, 0.29) is 37.5 Å². The Bertz CT molecular complexity index is 471. The van der Waals surface area contributed by atoms with E-state index in [2.05, 4.69) is 11.9 Å². The van der Waals surface area contributed by atoms with Crippen LogP contribution in [0.15, 0.2) is 12.2 Å². The quantitative estimate of drug-likeness (QED) is 0.201. The number of ether oxygens (including phenoxy) is 2. The molecule has 0 aromatic rings. The van der Waals surface area contributed by atoms with Crippen molar-refractivity contribution < 1.29 is 37.1 Å². The highest BCUT2D eigenvalue weighted by Gasteiger charge is 2.36. The molecule has 1 amide bonds. The lowest BCUT2D eigenvalue weighted by atomic mass is 10.3. The minimum atomic E-state index is -2.63. The van der Waals surface area contributed by atoms with Gasteiger partial charge in [-0.1, -0.05) is 6.58 Å². The largest absolute Gasteiger partial charge is 0.500 e. The molecular weight excluding hydrogens is 362 g/mol. The molecule has 0 aromatic carbocycles. The minimum absolute atomic E-state index is 0.0196. The number of carbonyl (C=O) groups excluding carboxylic acids is 3. The van der Waals surface area contributed by atoms with Gasteiger partial charge in [0.2, 0.25) is 5.91 Å². The fourth-order valence-electron chi connectivity index (χ4n) is 1.88. The van der Waals surface area contributed by atoms with Gasteiger partial charge in [-0.3, -0.25) is 9.59 Å². The van der Waals surface area contributed by atoms with Crippen LogP contribution in [-0.2, 0) is 37.1 Å². The van der Waals surface area contributed by atoms with Gasteiger partial charge in [-0.05, 0) is 13.3 Å². The molecule has 0 radical (unpaired) electrons. The molecule has 0 atom stereocenters. The Kier molecular flexibility index (Phi) is 12.5. The first-order chi connectivity index (χ1) is 12.3.